The average molecular weight is 289 g/mol. The molecule has 1 fully saturated rings. The van der Waals surface area contributed by atoms with Gasteiger partial charge in [0.15, 0.2) is 0 Å². The molecule has 106 valence electrons. The predicted molar refractivity (Wildman–Crippen MR) is 73.2 cm³/mol. The maximum atomic E-state index is 12.9. The maximum absolute atomic E-state index is 12.9. The van der Waals surface area contributed by atoms with Crippen LogP contribution >= 0.6 is 11.8 Å². The van der Waals surface area contributed by atoms with Crippen LogP contribution in [0.5, 0.6) is 0 Å². The molecule has 5 heteroatoms. The van der Waals surface area contributed by atoms with E-state index in [-0.39, 0.29) is 6.54 Å². The molecular formula is C14H18F3NS. The van der Waals surface area contributed by atoms with Crippen LogP contribution in [-0.4, -0.2) is 17.0 Å². The molecule has 2 atom stereocenters. The van der Waals surface area contributed by atoms with Gasteiger partial charge in [0, 0.05) is 17.8 Å². The Balaban J connectivity index is 2.03. The summed E-state index contributed by atoms with van der Waals surface area (Å²) in [5, 5.41) is 3.74. The number of rotatable bonds is 3. The number of thioether (sulfide) groups is 1. The summed E-state index contributed by atoms with van der Waals surface area (Å²) in [5.74, 6) is 1.15. The fourth-order valence-corrected chi connectivity index (χ4v) is 3.55. The van der Waals surface area contributed by atoms with Gasteiger partial charge in [0.2, 0.25) is 0 Å². The van der Waals surface area contributed by atoms with Crippen molar-refractivity contribution in [1.29, 1.82) is 0 Å². The van der Waals surface area contributed by atoms with Crippen LogP contribution in [-0.2, 0) is 12.7 Å². The fraction of sp³-hybridized carbons (Fsp3) is 0.571. The molecule has 0 saturated carbocycles. The maximum Gasteiger partial charge on any atom is 0.416 e. The van der Waals surface area contributed by atoms with Crippen molar-refractivity contribution in [2.24, 2.45) is 0 Å². The quantitative estimate of drug-likeness (QED) is 0.900. The van der Waals surface area contributed by atoms with Gasteiger partial charge in [-0.2, -0.15) is 24.9 Å². The van der Waals surface area contributed by atoms with E-state index in [1.165, 1.54) is 6.07 Å². The highest BCUT2D eigenvalue weighted by molar-refractivity contribution is 7.99. The van der Waals surface area contributed by atoms with Crippen molar-refractivity contribution < 1.29 is 13.2 Å². The first-order valence-electron chi connectivity index (χ1n) is 6.48. The third kappa shape index (κ3) is 3.89. The second-order valence-corrected chi connectivity index (χ2v) is 6.35. The molecule has 1 N–H and O–H groups in total. The van der Waals surface area contributed by atoms with Gasteiger partial charge < -0.3 is 5.32 Å². The van der Waals surface area contributed by atoms with Crippen LogP contribution in [0, 0.1) is 0 Å². The molecule has 1 aromatic rings. The molecule has 0 bridgehead atoms. The Hall–Kier alpha value is -0.680. The molecule has 1 nitrogen and oxygen atoms in total. The Bertz CT molecular complexity index is 419. The summed E-state index contributed by atoms with van der Waals surface area (Å²) in [6.07, 6.45) is -2.10. The number of benzene rings is 1. The number of hydrogen-bond donors (Lipinski definition) is 1. The van der Waals surface area contributed by atoms with Crippen LogP contribution < -0.4 is 5.32 Å². The van der Waals surface area contributed by atoms with Gasteiger partial charge in [0.1, 0.15) is 0 Å². The molecule has 0 radical (unpaired) electrons. The van der Waals surface area contributed by atoms with Crippen LogP contribution in [0.4, 0.5) is 13.2 Å². The summed E-state index contributed by atoms with van der Waals surface area (Å²) >= 11 is 1.89. The van der Waals surface area contributed by atoms with Crippen molar-refractivity contribution in [3.05, 3.63) is 35.4 Å². The second kappa shape index (κ2) is 6.18. The predicted octanol–water partition coefficient (Wildman–Crippen LogP) is 4.08. The molecule has 0 aliphatic carbocycles. The lowest BCUT2D eigenvalue weighted by Crippen LogP contribution is -2.39. The second-order valence-electron chi connectivity index (χ2n) is 4.86. The van der Waals surface area contributed by atoms with Gasteiger partial charge in [0.05, 0.1) is 5.56 Å². The first-order chi connectivity index (χ1) is 8.98. The number of hydrogen-bond acceptors (Lipinski definition) is 2. The Kier molecular flexibility index (Phi) is 4.79. The summed E-state index contributed by atoms with van der Waals surface area (Å²) in [7, 11) is 0. The van der Waals surface area contributed by atoms with Crippen molar-refractivity contribution >= 4 is 11.8 Å². The summed E-state index contributed by atoms with van der Waals surface area (Å²) < 4.78 is 38.6. The molecule has 2 rings (SSSR count). The third-order valence-corrected chi connectivity index (χ3v) is 4.86. The van der Waals surface area contributed by atoms with Gasteiger partial charge in [-0.05, 0) is 30.2 Å². The minimum Gasteiger partial charge on any atom is -0.309 e. The first-order valence-corrected chi connectivity index (χ1v) is 7.53. The molecular weight excluding hydrogens is 271 g/mol. The van der Waals surface area contributed by atoms with E-state index in [0.29, 0.717) is 16.9 Å². The molecule has 0 amide bonds. The van der Waals surface area contributed by atoms with Gasteiger partial charge in [-0.1, -0.05) is 25.1 Å². The van der Waals surface area contributed by atoms with E-state index >= 15 is 0 Å². The van der Waals surface area contributed by atoms with E-state index in [1.54, 1.807) is 12.1 Å². The molecule has 0 aromatic heterocycles. The molecule has 2 unspecified atom stereocenters. The van der Waals surface area contributed by atoms with Gasteiger partial charge in [-0.15, -0.1) is 0 Å². The Morgan fingerprint density at radius 1 is 1.32 bits per heavy atom. The van der Waals surface area contributed by atoms with E-state index < -0.39 is 11.7 Å². The molecule has 1 saturated heterocycles. The van der Waals surface area contributed by atoms with Gasteiger partial charge >= 0.3 is 6.18 Å². The Labute approximate surface area is 116 Å². The molecule has 19 heavy (non-hydrogen) atoms. The van der Waals surface area contributed by atoms with Crippen molar-refractivity contribution in [3.8, 4) is 0 Å². The summed E-state index contributed by atoms with van der Waals surface area (Å²) in [4.78, 5) is 0. The zero-order valence-corrected chi connectivity index (χ0v) is 11.7. The van der Waals surface area contributed by atoms with Gasteiger partial charge in [-0.3, -0.25) is 0 Å². The zero-order valence-electron chi connectivity index (χ0n) is 10.8. The summed E-state index contributed by atoms with van der Waals surface area (Å²) in [6.45, 7) is 2.42. The largest absolute Gasteiger partial charge is 0.416 e. The zero-order chi connectivity index (χ0) is 13.9. The van der Waals surface area contributed by atoms with Crippen LogP contribution in [0.15, 0.2) is 24.3 Å². The van der Waals surface area contributed by atoms with Gasteiger partial charge in [0.25, 0.3) is 0 Å². The van der Waals surface area contributed by atoms with Crippen molar-refractivity contribution in [1.82, 2.24) is 5.32 Å². The molecule has 1 aliphatic rings. The minimum absolute atomic E-state index is 0.283. The highest BCUT2D eigenvalue weighted by Gasteiger charge is 2.33. The number of halogens is 3. The van der Waals surface area contributed by atoms with Crippen LogP contribution in [0.1, 0.15) is 30.9 Å². The lowest BCUT2D eigenvalue weighted by Gasteiger charge is -2.29. The smallest absolute Gasteiger partial charge is 0.309 e. The minimum atomic E-state index is -4.27. The summed E-state index contributed by atoms with van der Waals surface area (Å²) in [6, 6.07) is 6.10. The van der Waals surface area contributed by atoms with Crippen LogP contribution in [0.25, 0.3) is 0 Å². The standard InChI is InChI=1S/C14H18F3NS/c1-10-13(7-4-8-19-10)18-9-11-5-2-3-6-12(11)14(15,16)17/h2-3,5-6,10,13,18H,4,7-9H2,1H3. The first kappa shape index (κ1) is 14.7. The third-order valence-electron chi connectivity index (χ3n) is 3.48. The molecule has 1 aromatic carbocycles. The summed E-state index contributed by atoms with van der Waals surface area (Å²) in [5.41, 5.74) is -0.198. The Morgan fingerprint density at radius 2 is 2.05 bits per heavy atom. The monoisotopic (exact) mass is 289 g/mol. The SMILES string of the molecule is CC1SCCCC1NCc1ccccc1C(F)(F)F. The van der Waals surface area contributed by atoms with Crippen LogP contribution in [0.2, 0.25) is 0 Å². The average Bonchev–Trinajstić information content (AvgIpc) is 2.37. The van der Waals surface area contributed by atoms with E-state index in [1.807, 2.05) is 11.8 Å². The number of nitrogens with one attached hydrogen (secondary N) is 1. The van der Waals surface area contributed by atoms with E-state index in [4.69, 9.17) is 0 Å². The van der Waals surface area contributed by atoms with E-state index in [9.17, 15) is 13.2 Å². The molecule has 1 heterocycles. The van der Waals surface area contributed by atoms with E-state index in [0.717, 1.165) is 24.7 Å². The lowest BCUT2D eigenvalue weighted by molar-refractivity contribution is -0.138. The van der Waals surface area contributed by atoms with Crippen molar-refractivity contribution in [2.75, 3.05) is 5.75 Å². The topological polar surface area (TPSA) is 12.0 Å². The van der Waals surface area contributed by atoms with Crippen LogP contribution in [0.3, 0.4) is 0 Å². The van der Waals surface area contributed by atoms with Gasteiger partial charge in [-0.25, -0.2) is 0 Å². The van der Waals surface area contributed by atoms with E-state index in [2.05, 4.69) is 12.2 Å². The number of alkyl halides is 3. The van der Waals surface area contributed by atoms with Crippen molar-refractivity contribution in [2.45, 2.75) is 43.8 Å². The Morgan fingerprint density at radius 3 is 2.74 bits per heavy atom. The van der Waals surface area contributed by atoms with Crippen molar-refractivity contribution in [3.63, 3.8) is 0 Å². The molecule has 1 aliphatic heterocycles. The highest BCUT2D eigenvalue weighted by Crippen LogP contribution is 2.32. The normalized spacial score (nSPS) is 24.4. The fourth-order valence-electron chi connectivity index (χ4n) is 2.38. The molecule has 0 spiro atoms. The highest BCUT2D eigenvalue weighted by atomic mass is 32.2. The lowest BCUT2D eigenvalue weighted by atomic mass is 10.0.